The first-order valence-electron chi connectivity index (χ1n) is 8.00. The van der Waals surface area contributed by atoms with Gasteiger partial charge in [-0.2, -0.15) is 0 Å². The van der Waals surface area contributed by atoms with Gasteiger partial charge in [-0.1, -0.05) is 36.4 Å². The smallest absolute Gasteiger partial charge is 0.272 e. The van der Waals surface area contributed by atoms with Crippen LogP contribution in [0.1, 0.15) is 34.1 Å². The molecule has 0 aliphatic carbocycles. The molecule has 0 fully saturated rings. The lowest BCUT2D eigenvalue weighted by Crippen LogP contribution is -2.19. The maximum Gasteiger partial charge on any atom is 0.272 e. The van der Waals surface area contributed by atoms with Crippen molar-refractivity contribution in [1.29, 1.82) is 0 Å². The highest BCUT2D eigenvalue weighted by Crippen LogP contribution is 2.27. The Morgan fingerprint density at radius 2 is 1.65 bits per heavy atom. The molecule has 0 saturated carbocycles. The maximum absolute atomic E-state index is 13.0. The first-order chi connectivity index (χ1) is 11.0. The normalized spacial score (nSPS) is 11.0. The number of para-hydroxylation sites is 2. The number of benzene rings is 2. The number of nitrogens with one attached hydrogen (secondary N) is 1. The van der Waals surface area contributed by atoms with Crippen molar-refractivity contribution in [3.05, 3.63) is 64.8 Å². The van der Waals surface area contributed by atoms with Crippen LogP contribution in [0.3, 0.4) is 0 Å². The first kappa shape index (κ1) is 15.3. The molecule has 1 amide bonds. The molecule has 0 atom stereocenters. The molecule has 0 bridgehead atoms. The lowest BCUT2D eigenvalue weighted by atomic mass is 10.1. The number of carbonyl (C=O) groups excluding carboxylic acids is 1. The molecule has 0 radical (unpaired) electrons. The number of fused-ring (bicyclic) bond motifs is 1. The number of hydrogen-bond acceptors (Lipinski definition) is 1. The summed E-state index contributed by atoms with van der Waals surface area (Å²) in [6.07, 6.45) is 0. The van der Waals surface area contributed by atoms with Gasteiger partial charge in [0.25, 0.3) is 5.91 Å². The lowest BCUT2D eigenvalue weighted by Gasteiger charge is -2.13. The van der Waals surface area contributed by atoms with Crippen molar-refractivity contribution < 1.29 is 4.79 Å². The van der Waals surface area contributed by atoms with Crippen molar-refractivity contribution in [3.8, 4) is 0 Å². The molecule has 0 spiro atoms. The number of amides is 1. The van der Waals surface area contributed by atoms with Gasteiger partial charge in [0.05, 0.1) is 0 Å². The van der Waals surface area contributed by atoms with E-state index in [1.807, 2.05) is 51.1 Å². The fourth-order valence-corrected chi connectivity index (χ4v) is 3.28. The Morgan fingerprint density at radius 3 is 2.30 bits per heavy atom. The van der Waals surface area contributed by atoms with Crippen LogP contribution >= 0.6 is 0 Å². The second-order valence-electron chi connectivity index (χ2n) is 5.96. The van der Waals surface area contributed by atoms with Crippen molar-refractivity contribution in [2.75, 3.05) is 5.32 Å². The van der Waals surface area contributed by atoms with Crippen LogP contribution in [0.15, 0.2) is 42.5 Å². The van der Waals surface area contributed by atoms with E-state index in [-0.39, 0.29) is 5.91 Å². The zero-order chi connectivity index (χ0) is 16.6. The highest BCUT2D eigenvalue weighted by Gasteiger charge is 2.20. The first-order valence-corrected chi connectivity index (χ1v) is 8.00. The Bertz CT molecular complexity index is 870. The molecule has 1 N–H and O–H groups in total. The van der Waals surface area contributed by atoms with E-state index in [4.69, 9.17) is 0 Å². The van der Waals surface area contributed by atoms with E-state index in [1.54, 1.807) is 0 Å². The zero-order valence-electron chi connectivity index (χ0n) is 14.1. The lowest BCUT2D eigenvalue weighted by molar-refractivity contribution is 0.101. The van der Waals surface area contributed by atoms with E-state index < -0.39 is 0 Å². The number of anilines is 1. The predicted molar refractivity (Wildman–Crippen MR) is 96.2 cm³/mol. The summed E-state index contributed by atoms with van der Waals surface area (Å²) in [5.41, 5.74) is 5.96. The van der Waals surface area contributed by atoms with Crippen LogP contribution in [-0.4, -0.2) is 10.5 Å². The number of aromatic nitrogens is 1. The SMILES string of the molecule is CCn1c(C(=O)Nc2c(C)cccc2C)c(C)c2ccccc21. The number of hydrogen-bond donors (Lipinski definition) is 1. The van der Waals surface area contributed by atoms with Crippen LogP contribution in [0, 0.1) is 20.8 Å². The van der Waals surface area contributed by atoms with Crippen LogP contribution in [-0.2, 0) is 6.54 Å². The number of rotatable bonds is 3. The van der Waals surface area contributed by atoms with E-state index in [1.165, 1.54) is 0 Å². The minimum atomic E-state index is -0.0436. The molecular weight excluding hydrogens is 284 g/mol. The molecular formula is C20H22N2O. The van der Waals surface area contributed by atoms with Crippen LogP contribution in [0.25, 0.3) is 10.9 Å². The van der Waals surface area contributed by atoms with Gasteiger partial charge in [-0.15, -0.1) is 0 Å². The average molecular weight is 306 g/mol. The fourth-order valence-electron chi connectivity index (χ4n) is 3.28. The van der Waals surface area contributed by atoms with Crippen molar-refractivity contribution in [2.24, 2.45) is 0 Å². The standard InChI is InChI=1S/C20H22N2O/c1-5-22-17-12-7-6-11-16(17)15(4)19(22)20(23)21-18-13(2)9-8-10-14(18)3/h6-12H,5H2,1-4H3,(H,21,23). The summed E-state index contributed by atoms with van der Waals surface area (Å²) in [5.74, 6) is -0.0436. The second-order valence-corrected chi connectivity index (χ2v) is 5.96. The van der Waals surface area contributed by atoms with Crippen molar-refractivity contribution in [3.63, 3.8) is 0 Å². The number of carbonyl (C=O) groups is 1. The van der Waals surface area contributed by atoms with Gasteiger partial charge in [-0.3, -0.25) is 4.79 Å². The molecule has 23 heavy (non-hydrogen) atoms. The highest BCUT2D eigenvalue weighted by atomic mass is 16.2. The van der Waals surface area contributed by atoms with Gasteiger partial charge in [-0.25, -0.2) is 0 Å². The van der Waals surface area contributed by atoms with Gasteiger partial charge >= 0.3 is 0 Å². The summed E-state index contributed by atoms with van der Waals surface area (Å²) < 4.78 is 2.09. The van der Waals surface area contributed by atoms with Gasteiger partial charge in [0.1, 0.15) is 5.69 Å². The molecule has 3 rings (SSSR count). The molecule has 1 aromatic heterocycles. The van der Waals surface area contributed by atoms with E-state index in [0.717, 1.165) is 45.5 Å². The molecule has 0 unspecified atom stereocenters. The Hall–Kier alpha value is -2.55. The Balaban J connectivity index is 2.10. The maximum atomic E-state index is 13.0. The van der Waals surface area contributed by atoms with Crippen molar-refractivity contribution >= 4 is 22.5 Å². The summed E-state index contributed by atoms with van der Waals surface area (Å²) >= 11 is 0. The Labute approximate surface area is 136 Å². The van der Waals surface area contributed by atoms with E-state index in [0.29, 0.717) is 0 Å². The highest BCUT2D eigenvalue weighted by molar-refractivity contribution is 6.08. The van der Waals surface area contributed by atoms with Crippen LogP contribution < -0.4 is 5.32 Å². The molecule has 3 heteroatoms. The topological polar surface area (TPSA) is 34.0 Å². The van der Waals surface area contributed by atoms with Crippen molar-refractivity contribution in [1.82, 2.24) is 4.57 Å². The van der Waals surface area contributed by atoms with Crippen LogP contribution in [0.2, 0.25) is 0 Å². The monoisotopic (exact) mass is 306 g/mol. The Kier molecular flexibility index (Phi) is 3.95. The molecule has 3 nitrogen and oxygen atoms in total. The zero-order valence-corrected chi connectivity index (χ0v) is 14.1. The summed E-state index contributed by atoms with van der Waals surface area (Å²) in [7, 11) is 0. The third kappa shape index (κ3) is 2.52. The minimum absolute atomic E-state index is 0.0436. The van der Waals surface area contributed by atoms with E-state index in [9.17, 15) is 4.79 Å². The molecule has 2 aromatic carbocycles. The fraction of sp³-hybridized carbons (Fsp3) is 0.250. The largest absolute Gasteiger partial charge is 0.337 e. The van der Waals surface area contributed by atoms with E-state index >= 15 is 0 Å². The molecule has 118 valence electrons. The summed E-state index contributed by atoms with van der Waals surface area (Å²) in [5, 5.41) is 4.25. The van der Waals surface area contributed by atoms with E-state index in [2.05, 4.69) is 28.9 Å². The second kappa shape index (κ2) is 5.92. The van der Waals surface area contributed by atoms with Gasteiger partial charge in [-0.05, 0) is 50.5 Å². The molecule has 0 aliphatic rings. The van der Waals surface area contributed by atoms with Crippen LogP contribution in [0.5, 0.6) is 0 Å². The number of nitrogens with zero attached hydrogens (tertiary/aromatic N) is 1. The van der Waals surface area contributed by atoms with Gasteiger partial charge in [0.2, 0.25) is 0 Å². The minimum Gasteiger partial charge on any atom is -0.337 e. The number of aryl methyl sites for hydroxylation is 4. The summed E-state index contributed by atoms with van der Waals surface area (Å²) in [6.45, 7) is 8.90. The Morgan fingerprint density at radius 1 is 1.00 bits per heavy atom. The quantitative estimate of drug-likeness (QED) is 0.738. The van der Waals surface area contributed by atoms with Gasteiger partial charge in [0.15, 0.2) is 0 Å². The van der Waals surface area contributed by atoms with Gasteiger partial charge < -0.3 is 9.88 Å². The third-order valence-electron chi connectivity index (χ3n) is 4.47. The molecule has 0 aliphatic heterocycles. The summed E-state index contributed by atoms with van der Waals surface area (Å²) in [4.78, 5) is 13.0. The third-order valence-corrected chi connectivity index (χ3v) is 4.47. The molecule has 1 heterocycles. The molecule has 0 saturated heterocycles. The average Bonchev–Trinajstić information content (AvgIpc) is 2.83. The predicted octanol–water partition coefficient (Wildman–Crippen LogP) is 4.84. The van der Waals surface area contributed by atoms with Crippen LogP contribution in [0.4, 0.5) is 5.69 Å². The summed E-state index contributed by atoms with van der Waals surface area (Å²) in [6, 6.07) is 14.2. The van der Waals surface area contributed by atoms with Gasteiger partial charge in [0, 0.05) is 23.1 Å². The van der Waals surface area contributed by atoms with Crippen molar-refractivity contribution in [2.45, 2.75) is 34.2 Å². The molecule has 3 aromatic rings.